The van der Waals surface area contributed by atoms with Crippen molar-refractivity contribution >= 4 is 5.78 Å². The molecule has 0 unspecified atom stereocenters. The molecular formula is C21H30O4. The van der Waals surface area contributed by atoms with E-state index in [2.05, 4.69) is 20.8 Å². The van der Waals surface area contributed by atoms with Crippen molar-refractivity contribution in [2.45, 2.75) is 60.0 Å². The number of carbonyl (C=O) groups excluding carboxylic acids is 1. The van der Waals surface area contributed by atoms with Crippen LogP contribution < -0.4 is 0 Å². The molecule has 3 aliphatic carbocycles. The Morgan fingerprint density at radius 3 is 2.44 bits per heavy atom. The third-order valence-corrected chi connectivity index (χ3v) is 6.53. The molecule has 1 saturated carbocycles. The van der Waals surface area contributed by atoms with Gasteiger partial charge in [-0.15, -0.1) is 0 Å². The molecule has 25 heavy (non-hydrogen) atoms. The van der Waals surface area contributed by atoms with Crippen LogP contribution in [0.3, 0.4) is 0 Å². The minimum Gasteiger partial charge on any atom is -0.504 e. The molecule has 0 spiro atoms. The van der Waals surface area contributed by atoms with E-state index in [4.69, 9.17) is 4.74 Å². The number of hydrogen-bond acceptors (Lipinski definition) is 4. The average Bonchev–Trinajstić information content (AvgIpc) is 2.48. The highest BCUT2D eigenvalue weighted by Crippen LogP contribution is 2.61. The van der Waals surface area contributed by atoms with Gasteiger partial charge in [0, 0.05) is 28.1 Å². The Bertz CT molecular complexity index is 707. The number of Topliss-reactive ketones (excluding diaryl/α,β-unsaturated/α-hetero) is 1. The fourth-order valence-electron chi connectivity index (χ4n) is 5.68. The van der Waals surface area contributed by atoms with Gasteiger partial charge in [0.1, 0.15) is 5.76 Å². The predicted octanol–water partition coefficient (Wildman–Crippen LogP) is 4.07. The summed E-state index contributed by atoms with van der Waals surface area (Å²) in [5, 5.41) is 21.9. The fourth-order valence-corrected chi connectivity index (χ4v) is 5.68. The summed E-state index contributed by atoms with van der Waals surface area (Å²) in [6.45, 7) is 10.3. The number of methoxy groups -OCH3 is 1. The molecule has 4 heteroatoms. The lowest BCUT2D eigenvalue weighted by atomic mass is 9.48. The van der Waals surface area contributed by atoms with Crippen LogP contribution in [0.15, 0.2) is 34.3 Å². The quantitative estimate of drug-likeness (QED) is 0.791. The van der Waals surface area contributed by atoms with Crippen LogP contribution in [0.2, 0.25) is 0 Å². The van der Waals surface area contributed by atoms with Gasteiger partial charge >= 0.3 is 0 Å². The molecule has 0 saturated heterocycles. The molecule has 4 nitrogen and oxygen atoms in total. The number of hydrogen-bond donors (Lipinski definition) is 2. The van der Waals surface area contributed by atoms with Gasteiger partial charge in [-0.25, -0.2) is 0 Å². The minimum absolute atomic E-state index is 0.0406. The Kier molecular flexibility index (Phi) is 4.18. The summed E-state index contributed by atoms with van der Waals surface area (Å²) in [5.41, 5.74) is 1.34. The summed E-state index contributed by atoms with van der Waals surface area (Å²) in [4.78, 5) is 12.9. The smallest absolute Gasteiger partial charge is 0.227 e. The van der Waals surface area contributed by atoms with Crippen LogP contribution in [0.4, 0.5) is 0 Å². The molecule has 0 radical (unpaired) electrons. The SMILES string of the molecule is COC1=C(C(C)C)C(=O)C(O)=C2C1=C[C@@H](O)[C@H]1C(C)(C)CCC[C@]21C. The van der Waals surface area contributed by atoms with E-state index in [1.807, 2.05) is 13.8 Å². The Morgan fingerprint density at radius 1 is 1.24 bits per heavy atom. The largest absolute Gasteiger partial charge is 0.504 e. The lowest BCUT2D eigenvalue weighted by Gasteiger charge is -2.56. The summed E-state index contributed by atoms with van der Waals surface area (Å²) in [5.74, 6) is -0.0971. The first-order valence-corrected chi connectivity index (χ1v) is 9.23. The molecule has 0 heterocycles. The Hall–Kier alpha value is -1.55. The van der Waals surface area contributed by atoms with E-state index < -0.39 is 11.5 Å². The summed E-state index contributed by atoms with van der Waals surface area (Å²) >= 11 is 0. The fraction of sp³-hybridized carbons (Fsp3) is 0.667. The molecule has 3 aliphatic rings. The second kappa shape index (κ2) is 5.73. The Balaban J connectivity index is 2.30. The molecule has 0 amide bonds. The predicted molar refractivity (Wildman–Crippen MR) is 96.9 cm³/mol. The number of fused-ring (bicyclic) bond motifs is 3. The third kappa shape index (κ3) is 2.41. The molecule has 1 fully saturated rings. The highest BCUT2D eigenvalue weighted by molar-refractivity contribution is 6.10. The maximum atomic E-state index is 12.9. The summed E-state index contributed by atoms with van der Waals surface area (Å²) < 4.78 is 5.61. The van der Waals surface area contributed by atoms with Crippen LogP contribution >= 0.6 is 0 Å². The van der Waals surface area contributed by atoms with E-state index >= 15 is 0 Å². The van der Waals surface area contributed by atoms with Crippen LogP contribution in [0.1, 0.15) is 53.9 Å². The van der Waals surface area contributed by atoms with Gasteiger partial charge in [-0.1, -0.05) is 41.0 Å². The molecule has 0 aromatic heterocycles. The highest BCUT2D eigenvalue weighted by Gasteiger charge is 2.57. The van der Waals surface area contributed by atoms with Crippen molar-refractivity contribution in [1.82, 2.24) is 0 Å². The van der Waals surface area contributed by atoms with E-state index in [0.717, 1.165) is 19.3 Å². The molecule has 138 valence electrons. The van der Waals surface area contributed by atoms with E-state index in [1.54, 1.807) is 13.2 Å². The van der Waals surface area contributed by atoms with E-state index in [1.165, 1.54) is 0 Å². The van der Waals surface area contributed by atoms with Crippen molar-refractivity contribution in [3.63, 3.8) is 0 Å². The first-order chi connectivity index (χ1) is 11.6. The van der Waals surface area contributed by atoms with Gasteiger partial charge in [0.05, 0.1) is 13.2 Å². The number of ketones is 1. The van der Waals surface area contributed by atoms with Gasteiger partial charge in [-0.2, -0.15) is 0 Å². The van der Waals surface area contributed by atoms with Gasteiger partial charge in [-0.3, -0.25) is 4.79 Å². The molecule has 0 aromatic carbocycles. The van der Waals surface area contributed by atoms with Crippen LogP contribution in [0.5, 0.6) is 0 Å². The third-order valence-electron chi connectivity index (χ3n) is 6.53. The highest BCUT2D eigenvalue weighted by atomic mass is 16.5. The van der Waals surface area contributed by atoms with E-state index in [9.17, 15) is 15.0 Å². The number of aliphatic hydroxyl groups is 2. The van der Waals surface area contributed by atoms with Crippen molar-refractivity contribution in [2.75, 3.05) is 7.11 Å². The summed E-state index contributed by atoms with van der Waals surface area (Å²) in [6, 6.07) is 0. The van der Waals surface area contributed by atoms with Crippen molar-refractivity contribution < 1.29 is 19.7 Å². The van der Waals surface area contributed by atoms with Crippen LogP contribution in [0.25, 0.3) is 0 Å². The number of ether oxygens (including phenoxy) is 1. The lowest BCUT2D eigenvalue weighted by molar-refractivity contribution is -0.116. The number of carbonyl (C=O) groups is 1. The first-order valence-electron chi connectivity index (χ1n) is 9.23. The molecule has 0 aliphatic heterocycles. The second-order valence-corrected chi connectivity index (χ2v) is 8.96. The van der Waals surface area contributed by atoms with Crippen LogP contribution in [0, 0.1) is 22.7 Å². The molecular weight excluding hydrogens is 316 g/mol. The van der Waals surface area contributed by atoms with Gasteiger partial charge < -0.3 is 14.9 Å². The molecule has 0 aromatic rings. The average molecular weight is 346 g/mol. The maximum absolute atomic E-state index is 12.9. The van der Waals surface area contributed by atoms with Gasteiger partial charge in [-0.05, 0) is 30.3 Å². The molecule has 0 bridgehead atoms. The molecule has 3 rings (SSSR count). The zero-order valence-corrected chi connectivity index (χ0v) is 16.1. The first kappa shape index (κ1) is 18.2. The minimum atomic E-state index is -0.626. The van der Waals surface area contributed by atoms with E-state index in [0.29, 0.717) is 22.5 Å². The van der Waals surface area contributed by atoms with Crippen LogP contribution in [-0.2, 0) is 9.53 Å². The standard InChI is InChI=1S/C21H30O4/c1-11(2)14-16(23)17(24)15-12(18(14)25-6)10-13(22)19-20(3,4)8-7-9-21(15,19)5/h10-11,13,19,22,24H,7-9H2,1-6H3/t13-,19+,21-/m1/s1. The second-order valence-electron chi connectivity index (χ2n) is 8.96. The summed E-state index contributed by atoms with van der Waals surface area (Å²) in [7, 11) is 1.55. The summed E-state index contributed by atoms with van der Waals surface area (Å²) in [6.07, 6.45) is 4.04. The maximum Gasteiger partial charge on any atom is 0.227 e. The van der Waals surface area contributed by atoms with Crippen molar-refractivity contribution in [3.05, 3.63) is 34.3 Å². The zero-order valence-electron chi connectivity index (χ0n) is 16.1. The topological polar surface area (TPSA) is 66.8 Å². The van der Waals surface area contributed by atoms with Gasteiger partial charge in [0.15, 0.2) is 5.76 Å². The van der Waals surface area contributed by atoms with Gasteiger partial charge in [0.2, 0.25) is 5.78 Å². The van der Waals surface area contributed by atoms with Gasteiger partial charge in [0.25, 0.3) is 0 Å². The number of rotatable bonds is 2. The Morgan fingerprint density at radius 2 is 1.88 bits per heavy atom. The van der Waals surface area contributed by atoms with Crippen molar-refractivity contribution in [1.29, 1.82) is 0 Å². The Labute approximate surface area is 150 Å². The van der Waals surface area contributed by atoms with Crippen LogP contribution in [-0.4, -0.2) is 29.2 Å². The van der Waals surface area contributed by atoms with Crippen molar-refractivity contribution in [3.8, 4) is 0 Å². The number of allylic oxidation sites excluding steroid dienone is 2. The normalized spacial score (nSPS) is 34.7. The lowest BCUT2D eigenvalue weighted by Crippen LogP contribution is -2.52. The monoisotopic (exact) mass is 346 g/mol. The molecule has 3 atom stereocenters. The van der Waals surface area contributed by atoms with Crippen molar-refractivity contribution in [2.24, 2.45) is 22.7 Å². The molecule has 2 N–H and O–H groups in total. The number of aliphatic hydroxyl groups excluding tert-OH is 2. The zero-order chi connectivity index (χ0) is 18.7. The van der Waals surface area contributed by atoms with E-state index in [-0.39, 0.29) is 28.8 Å².